The molecule has 1 atom stereocenters. The fraction of sp³-hybridized carbons (Fsp3) is 0.588. The van der Waals surface area contributed by atoms with Crippen LogP contribution in [0.4, 0.5) is 0 Å². The summed E-state index contributed by atoms with van der Waals surface area (Å²) in [6, 6.07) is 3.77. The Hall–Kier alpha value is -1.73. The van der Waals surface area contributed by atoms with Gasteiger partial charge in [-0.15, -0.1) is 16.4 Å². The molecule has 0 N–H and O–H groups in total. The van der Waals surface area contributed by atoms with Gasteiger partial charge >= 0.3 is 0 Å². The summed E-state index contributed by atoms with van der Waals surface area (Å²) in [5, 5.41) is 8.48. The molecular formula is C17H22N4O2S. The summed E-state index contributed by atoms with van der Waals surface area (Å²) in [7, 11) is 1.91. The predicted octanol–water partition coefficient (Wildman–Crippen LogP) is 2.35. The number of thiophene rings is 1. The van der Waals surface area contributed by atoms with Gasteiger partial charge < -0.3 is 9.64 Å². The Morgan fingerprint density at radius 1 is 1.38 bits per heavy atom. The van der Waals surface area contributed by atoms with Crippen molar-refractivity contribution >= 4 is 17.2 Å². The van der Waals surface area contributed by atoms with Crippen LogP contribution in [0.1, 0.15) is 44.8 Å². The molecular weight excluding hydrogens is 324 g/mol. The minimum atomic E-state index is -0.142. The SMILES string of the molecule is Cc1ccc(C(=O)N2CCc3c(nnn3C)[C@@H]2COCC2CC2)s1. The van der Waals surface area contributed by atoms with Crippen molar-refractivity contribution < 1.29 is 9.53 Å². The van der Waals surface area contributed by atoms with Crippen LogP contribution in [0.25, 0.3) is 0 Å². The normalized spacial score (nSPS) is 20.2. The molecule has 0 saturated heterocycles. The fourth-order valence-electron chi connectivity index (χ4n) is 3.21. The van der Waals surface area contributed by atoms with Crippen LogP contribution >= 0.6 is 11.3 Å². The summed E-state index contributed by atoms with van der Waals surface area (Å²) >= 11 is 1.54. The van der Waals surface area contributed by atoms with Crippen LogP contribution in [-0.2, 0) is 18.2 Å². The predicted molar refractivity (Wildman–Crippen MR) is 91.1 cm³/mol. The molecule has 7 heteroatoms. The van der Waals surface area contributed by atoms with Gasteiger partial charge in [0.05, 0.1) is 17.2 Å². The number of aryl methyl sites for hydroxylation is 2. The number of hydrogen-bond acceptors (Lipinski definition) is 5. The molecule has 1 amide bonds. The van der Waals surface area contributed by atoms with Gasteiger partial charge in [0.1, 0.15) is 11.7 Å². The minimum Gasteiger partial charge on any atom is -0.379 e. The van der Waals surface area contributed by atoms with Crippen molar-refractivity contribution in [1.29, 1.82) is 0 Å². The summed E-state index contributed by atoms with van der Waals surface area (Å²) in [4.78, 5) is 16.8. The molecule has 0 unspecified atom stereocenters. The smallest absolute Gasteiger partial charge is 0.264 e. The van der Waals surface area contributed by atoms with E-state index in [1.54, 1.807) is 11.3 Å². The summed E-state index contributed by atoms with van der Waals surface area (Å²) in [6.07, 6.45) is 3.31. The van der Waals surface area contributed by atoms with E-state index in [9.17, 15) is 4.79 Å². The first-order valence-corrected chi connectivity index (χ1v) is 9.28. The molecule has 0 spiro atoms. The van der Waals surface area contributed by atoms with Crippen molar-refractivity contribution in [1.82, 2.24) is 19.9 Å². The first kappa shape index (κ1) is 15.8. The van der Waals surface area contributed by atoms with Crippen LogP contribution in [-0.4, -0.2) is 45.6 Å². The third kappa shape index (κ3) is 2.98. The van der Waals surface area contributed by atoms with Gasteiger partial charge in [0.25, 0.3) is 5.91 Å². The fourth-order valence-corrected chi connectivity index (χ4v) is 4.03. The number of aromatic nitrogens is 3. The van der Waals surface area contributed by atoms with Gasteiger partial charge in [0, 0.05) is 31.5 Å². The largest absolute Gasteiger partial charge is 0.379 e. The highest BCUT2D eigenvalue weighted by molar-refractivity contribution is 7.13. The van der Waals surface area contributed by atoms with Crippen molar-refractivity contribution in [3.63, 3.8) is 0 Å². The van der Waals surface area contributed by atoms with E-state index in [0.29, 0.717) is 19.1 Å². The average Bonchev–Trinajstić information content (AvgIpc) is 3.18. The second-order valence-corrected chi connectivity index (χ2v) is 7.99. The van der Waals surface area contributed by atoms with Crippen molar-refractivity contribution in [3.8, 4) is 0 Å². The Balaban J connectivity index is 1.57. The highest BCUT2D eigenvalue weighted by Gasteiger charge is 2.36. The molecule has 2 aromatic rings. The lowest BCUT2D eigenvalue weighted by atomic mass is 10.0. The Kier molecular flexibility index (Phi) is 4.14. The zero-order chi connectivity index (χ0) is 16.7. The lowest BCUT2D eigenvalue weighted by Gasteiger charge is -2.34. The molecule has 4 rings (SSSR count). The number of hydrogen-bond donors (Lipinski definition) is 0. The second-order valence-electron chi connectivity index (χ2n) is 6.70. The highest BCUT2D eigenvalue weighted by atomic mass is 32.1. The number of rotatable bonds is 5. The third-order valence-corrected chi connectivity index (χ3v) is 5.78. The van der Waals surface area contributed by atoms with E-state index < -0.39 is 0 Å². The number of fused-ring (bicyclic) bond motifs is 1. The van der Waals surface area contributed by atoms with Crippen LogP contribution in [0.15, 0.2) is 12.1 Å². The lowest BCUT2D eigenvalue weighted by molar-refractivity contribution is 0.0359. The number of nitrogens with zero attached hydrogens (tertiary/aromatic N) is 4. The van der Waals surface area contributed by atoms with E-state index in [0.717, 1.165) is 34.2 Å². The zero-order valence-corrected chi connectivity index (χ0v) is 14.9. The van der Waals surface area contributed by atoms with E-state index in [-0.39, 0.29) is 11.9 Å². The average molecular weight is 346 g/mol. The number of carbonyl (C=O) groups is 1. The second kappa shape index (κ2) is 6.29. The Labute approximate surface area is 145 Å². The van der Waals surface area contributed by atoms with Crippen LogP contribution < -0.4 is 0 Å². The molecule has 0 radical (unpaired) electrons. The van der Waals surface area contributed by atoms with Crippen LogP contribution in [0.3, 0.4) is 0 Å². The maximum atomic E-state index is 13.0. The van der Waals surface area contributed by atoms with Crippen molar-refractivity contribution in [2.75, 3.05) is 19.8 Å². The van der Waals surface area contributed by atoms with Gasteiger partial charge in [-0.1, -0.05) is 5.21 Å². The molecule has 128 valence electrons. The summed E-state index contributed by atoms with van der Waals surface area (Å²) in [5.41, 5.74) is 2.00. The van der Waals surface area contributed by atoms with Crippen LogP contribution in [0.2, 0.25) is 0 Å². The van der Waals surface area contributed by atoms with E-state index in [1.807, 2.05) is 35.7 Å². The van der Waals surface area contributed by atoms with E-state index >= 15 is 0 Å². The Morgan fingerprint density at radius 2 is 2.21 bits per heavy atom. The molecule has 3 heterocycles. The molecule has 1 aliphatic heterocycles. The monoisotopic (exact) mass is 346 g/mol. The topological polar surface area (TPSA) is 60.2 Å². The number of ether oxygens (including phenoxy) is 1. The van der Waals surface area contributed by atoms with E-state index in [1.165, 1.54) is 12.8 Å². The van der Waals surface area contributed by atoms with Gasteiger partial charge in [-0.25, -0.2) is 0 Å². The molecule has 1 fully saturated rings. The molecule has 2 aliphatic rings. The number of carbonyl (C=O) groups excluding carboxylic acids is 1. The summed E-state index contributed by atoms with van der Waals surface area (Å²) in [5.74, 6) is 0.781. The molecule has 0 aromatic carbocycles. The standard InChI is InChI=1S/C17H22N4O2S/c1-11-3-6-15(24-11)17(22)21-8-7-13-16(18-19-20(13)2)14(21)10-23-9-12-4-5-12/h3,6,12,14H,4-5,7-10H2,1-2H3/t14-/m0/s1. The number of amides is 1. The molecule has 24 heavy (non-hydrogen) atoms. The Morgan fingerprint density at radius 3 is 2.92 bits per heavy atom. The minimum absolute atomic E-state index is 0.0735. The van der Waals surface area contributed by atoms with Crippen molar-refractivity contribution in [3.05, 3.63) is 33.3 Å². The van der Waals surface area contributed by atoms with Gasteiger partial charge in [-0.3, -0.25) is 9.48 Å². The zero-order valence-electron chi connectivity index (χ0n) is 14.1. The molecule has 2 aromatic heterocycles. The maximum Gasteiger partial charge on any atom is 0.264 e. The van der Waals surface area contributed by atoms with Gasteiger partial charge in [-0.2, -0.15) is 0 Å². The molecule has 1 aliphatic carbocycles. The van der Waals surface area contributed by atoms with Gasteiger partial charge in [-0.05, 0) is 37.8 Å². The third-order valence-electron chi connectivity index (χ3n) is 4.79. The van der Waals surface area contributed by atoms with Gasteiger partial charge in [0.15, 0.2) is 0 Å². The maximum absolute atomic E-state index is 13.0. The summed E-state index contributed by atoms with van der Waals surface area (Å²) < 4.78 is 7.74. The first-order chi connectivity index (χ1) is 11.6. The van der Waals surface area contributed by atoms with Crippen molar-refractivity contribution in [2.45, 2.75) is 32.2 Å². The highest BCUT2D eigenvalue weighted by Crippen LogP contribution is 2.33. The molecule has 0 bridgehead atoms. The molecule has 1 saturated carbocycles. The van der Waals surface area contributed by atoms with E-state index in [4.69, 9.17) is 4.74 Å². The first-order valence-electron chi connectivity index (χ1n) is 8.47. The Bertz CT molecular complexity index is 750. The van der Waals surface area contributed by atoms with E-state index in [2.05, 4.69) is 10.3 Å². The van der Waals surface area contributed by atoms with Crippen molar-refractivity contribution in [2.24, 2.45) is 13.0 Å². The van der Waals surface area contributed by atoms with Crippen LogP contribution in [0, 0.1) is 12.8 Å². The lowest BCUT2D eigenvalue weighted by Crippen LogP contribution is -2.42. The molecule has 6 nitrogen and oxygen atoms in total. The summed E-state index contributed by atoms with van der Waals surface area (Å²) in [6.45, 7) is 3.99. The van der Waals surface area contributed by atoms with Crippen LogP contribution in [0.5, 0.6) is 0 Å². The van der Waals surface area contributed by atoms with Gasteiger partial charge in [0.2, 0.25) is 0 Å². The quantitative estimate of drug-likeness (QED) is 0.834.